The van der Waals surface area contributed by atoms with E-state index >= 15 is 0 Å². The topological polar surface area (TPSA) is 126 Å². The highest BCUT2D eigenvalue weighted by molar-refractivity contribution is 7.89. The number of amides is 2. The average molecular weight is 287 g/mol. The fourth-order valence-corrected chi connectivity index (χ4v) is 2.54. The van der Waals surface area contributed by atoms with Crippen molar-refractivity contribution in [1.29, 1.82) is 0 Å². The van der Waals surface area contributed by atoms with Crippen molar-refractivity contribution in [1.82, 2.24) is 15.0 Å². The van der Waals surface area contributed by atoms with Crippen molar-refractivity contribution in [3.05, 3.63) is 18.5 Å². The number of pyridine rings is 1. The number of carbonyl (C=O) groups excluding carboxylic acids is 1. The first-order valence-electron chi connectivity index (χ1n) is 5.68. The number of hydrogen-bond acceptors (Lipinski definition) is 5. The molecule has 106 valence electrons. The van der Waals surface area contributed by atoms with E-state index in [1.165, 1.54) is 12.4 Å². The molecule has 1 aromatic heterocycles. The van der Waals surface area contributed by atoms with Gasteiger partial charge in [0.15, 0.2) is 0 Å². The van der Waals surface area contributed by atoms with Crippen LogP contribution in [0.4, 0.5) is 10.5 Å². The Morgan fingerprint density at radius 2 is 2.16 bits per heavy atom. The molecule has 0 aliphatic rings. The number of carbonyl (C=O) groups is 1. The van der Waals surface area contributed by atoms with Crippen LogP contribution in [0, 0.1) is 0 Å². The van der Waals surface area contributed by atoms with Gasteiger partial charge in [0.2, 0.25) is 10.0 Å². The Balaban J connectivity index is 2.74. The fourth-order valence-electron chi connectivity index (χ4n) is 1.38. The maximum atomic E-state index is 12.0. The smallest absolute Gasteiger partial charge is 0.312 e. The Kier molecular flexibility index (Phi) is 5.52. The minimum Gasteiger partial charge on any atom is -0.384 e. The van der Waals surface area contributed by atoms with E-state index in [9.17, 15) is 13.2 Å². The summed E-state index contributed by atoms with van der Waals surface area (Å²) in [6.07, 6.45) is 2.77. The molecule has 0 radical (unpaired) electrons. The minimum atomic E-state index is -3.68. The maximum absolute atomic E-state index is 12.0. The van der Waals surface area contributed by atoms with E-state index in [-0.39, 0.29) is 18.0 Å². The minimum absolute atomic E-state index is 0.0474. The van der Waals surface area contributed by atoms with E-state index in [1.807, 2.05) is 6.92 Å². The van der Waals surface area contributed by atoms with Crippen LogP contribution in [0.3, 0.4) is 0 Å². The zero-order valence-corrected chi connectivity index (χ0v) is 11.3. The van der Waals surface area contributed by atoms with E-state index < -0.39 is 16.1 Å². The van der Waals surface area contributed by atoms with Crippen LogP contribution in [0.2, 0.25) is 0 Å². The molecule has 1 aromatic rings. The van der Waals surface area contributed by atoms with Crippen LogP contribution in [-0.2, 0) is 10.0 Å². The van der Waals surface area contributed by atoms with Gasteiger partial charge in [-0.3, -0.25) is 4.98 Å². The van der Waals surface area contributed by atoms with Gasteiger partial charge in [0.1, 0.15) is 4.90 Å². The Labute approximate surface area is 111 Å². The first kappa shape index (κ1) is 15.2. The second kappa shape index (κ2) is 6.90. The van der Waals surface area contributed by atoms with Crippen molar-refractivity contribution in [3.8, 4) is 0 Å². The third-order valence-corrected chi connectivity index (χ3v) is 3.65. The summed E-state index contributed by atoms with van der Waals surface area (Å²) < 4.78 is 26.4. The lowest BCUT2D eigenvalue weighted by Crippen LogP contribution is -2.37. The molecule has 0 unspecified atom stereocenters. The molecule has 0 saturated heterocycles. The van der Waals surface area contributed by atoms with E-state index in [4.69, 9.17) is 5.73 Å². The zero-order valence-electron chi connectivity index (χ0n) is 10.5. The van der Waals surface area contributed by atoms with Crippen LogP contribution in [-0.4, -0.2) is 39.1 Å². The Hall–Kier alpha value is -1.87. The fraction of sp³-hybridized carbons (Fsp3) is 0.400. The van der Waals surface area contributed by atoms with Gasteiger partial charge >= 0.3 is 6.03 Å². The largest absolute Gasteiger partial charge is 0.384 e. The Bertz CT molecular complexity index is 532. The lowest BCUT2D eigenvalue weighted by atomic mass is 10.4. The van der Waals surface area contributed by atoms with E-state index in [0.29, 0.717) is 12.2 Å². The van der Waals surface area contributed by atoms with Gasteiger partial charge in [-0.15, -0.1) is 0 Å². The van der Waals surface area contributed by atoms with Gasteiger partial charge in [-0.05, 0) is 13.0 Å². The van der Waals surface area contributed by atoms with Crippen molar-refractivity contribution in [2.75, 3.05) is 25.0 Å². The standard InChI is InChI=1S/C10H17N5O3S/c1-2-13-8-3-4-12-7-9(8)19(17,18)15-6-5-14-10(11)16/h3-4,7,15H,2,5-6H2,1H3,(H,12,13)(H3,11,14,16). The molecule has 0 bridgehead atoms. The molecular formula is C10H17N5O3S. The summed E-state index contributed by atoms with van der Waals surface area (Å²) in [4.78, 5) is 14.3. The maximum Gasteiger partial charge on any atom is 0.312 e. The molecule has 1 rings (SSSR count). The van der Waals surface area contributed by atoms with Crippen LogP contribution in [0.1, 0.15) is 6.92 Å². The van der Waals surface area contributed by atoms with Gasteiger partial charge in [0.25, 0.3) is 0 Å². The molecule has 0 saturated carbocycles. The third kappa shape index (κ3) is 4.72. The molecule has 5 N–H and O–H groups in total. The van der Waals surface area contributed by atoms with E-state index in [2.05, 4.69) is 20.3 Å². The monoisotopic (exact) mass is 287 g/mol. The highest BCUT2D eigenvalue weighted by Gasteiger charge is 2.17. The third-order valence-electron chi connectivity index (χ3n) is 2.16. The van der Waals surface area contributed by atoms with Crippen molar-refractivity contribution in [2.24, 2.45) is 5.73 Å². The Morgan fingerprint density at radius 3 is 2.79 bits per heavy atom. The highest BCUT2D eigenvalue weighted by Crippen LogP contribution is 2.18. The molecular weight excluding hydrogens is 270 g/mol. The van der Waals surface area contributed by atoms with Crippen LogP contribution in [0.5, 0.6) is 0 Å². The van der Waals surface area contributed by atoms with Gasteiger partial charge in [-0.25, -0.2) is 17.9 Å². The summed E-state index contributed by atoms with van der Waals surface area (Å²) >= 11 is 0. The summed E-state index contributed by atoms with van der Waals surface area (Å²) in [6.45, 7) is 2.62. The average Bonchev–Trinajstić information content (AvgIpc) is 2.35. The summed E-state index contributed by atoms with van der Waals surface area (Å²) in [5.41, 5.74) is 5.35. The van der Waals surface area contributed by atoms with E-state index in [0.717, 1.165) is 0 Å². The first-order valence-corrected chi connectivity index (χ1v) is 7.16. The predicted octanol–water partition coefficient (Wildman–Crippen LogP) is -0.540. The normalized spacial score (nSPS) is 11.0. The molecule has 0 spiro atoms. The molecule has 0 atom stereocenters. The summed E-state index contributed by atoms with van der Waals surface area (Å²) in [6, 6.07) is 0.883. The number of nitrogens with one attached hydrogen (secondary N) is 3. The van der Waals surface area contributed by atoms with Crippen LogP contribution < -0.4 is 21.1 Å². The van der Waals surface area contributed by atoms with E-state index in [1.54, 1.807) is 6.07 Å². The van der Waals surface area contributed by atoms with Crippen LogP contribution >= 0.6 is 0 Å². The number of rotatable bonds is 7. The SMILES string of the molecule is CCNc1ccncc1S(=O)(=O)NCCNC(N)=O. The molecule has 0 aromatic carbocycles. The van der Waals surface area contributed by atoms with Crippen molar-refractivity contribution in [2.45, 2.75) is 11.8 Å². The number of nitrogens with zero attached hydrogens (tertiary/aromatic N) is 1. The highest BCUT2D eigenvalue weighted by atomic mass is 32.2. The predicted molar refractivity (Wildman–Crippen MR) is 71.2 cm³/mol. The number of urea groups is 1. The van der Waals surface area contributed by atoms with Crippen molar-refractivity contribution < 1.29 is 13.2 Å². The molecule has 9 heteroatoms. The zero-order chi connectivity index (χ0) is 14.3. The van der Waals surface area contributed by atoms with Gasteiger partial charge in [0.05, 0.1) is 5.69 Å². The first-order chi connectivity index (χ1) is 8.97. The Morgan fingerprint density at radius 1 is 1.42 bits per heavy atom. The lowest BCUT2D eigenvalue weighted by Gasteiger charge is -2.11. The van der Waals surface area contributed by atoms with Crippen LogP contribution in [0.15, 0.2) is 23.4 Å². The number of sulfonamides is 1. The molecule has 0 aliphatic carbocycles. The molecule has 2 amide bonds. The number of aromatic nitrogens is 1. The van der Waals surface area contributed by atoms with Gasteiger partial charge in [-0.2, -0.15) is 0 Å². The molecule has 19 heavy (non-hydrogen) atoms. The summed E-state index contributed by atoms with van der Waals surface area (Å²) in [5, 5.41) is 5.23. The van der Waals surface area contributed by atoms with Crippen LogP contribution in [0.25, 0.3) is 0 Å². The second-order valence-corrected chi connectivity index (χ2v) is 5.33. The van der Waals surface area contributed by atoms with Crippen molar-refractivity contribution in [3.63, 3.8) is 0 Å². The molecule has 1 heterocycles. The number of primary amides is 1. The lowest BCUT2D eigenvalue weighted by molar-refractivity contribution is 0.249. The molecule has 8 nitrogen and oxygen atoms in total. The number of hydrogen-bond donors (Lipinski definition) is 4. The van der Waals surface area contributed by atoms with Gasteiger partial charge < -0.3 is 16.4 Å². The number of anilines is 1. The molecule has 0 fully saturated rings. The van der Waals surface area contributed by atoms with Crippen molar-refractivity contribution >= 4 is 21.7 Å². The molecule has 0 aliphatic heterocycles. The second-order valence-electron chi connectivity index (χ2n) is 3.59. The quantitative estimate of drug-likeness (QED) is 0.501. The number of nitrogens with two attached hydrogens (primary N) is 1. The van der Waals surface area contributed by atoms with Gasteiger partial charge in [-0.1, -0.05) is 0 Å². The summed E-state index contributed by atoms with van der Waals surface area (Å²) in [7, 11) is -3.68. The summed E-state index contributed by atoms with van der Waals surface area (Å²) in [5.74, 6) is 0. The van der Waals surface area contributed by atoms with Gasteiger partial charge in [0, 0.05) is 32.0 Å².